The molecule has 14 nitrogen and oxygen atoms in total. The average molecular weight is 574 g/mol. The number of aromatic hydroxyl groups is 1. The van der Waals surface area contributed by atoms with E-state index in [-0.39, 0.29) is 18.6 Å². The van der Waals surface area contributed by atoms with Crippen molar-refractivity contribution in [3.8, 4) is 5.75 Å². The number of benzene rings is 1. The molecule has 0 radical (unpaired) electrons. The van der Waals surface area contributed by atoms with Gasteiger partial charge in [0, 0.05) is 13.0 Å². The standard InChI is InChI=1S/C24H39N5O9S/c1-14(2)20(22(32)28-18(23(33)34)12-15-7-9-16(30)10-8-15)27-19(24(35)36)13-26-21(31)17(6-4-5-11-25)29-39(3,37)38/h7-10,14,17-20,27,29-30H,4-6,11-13,25H2,1-3H3,(H,26,31)(H,28,32)(H,33,34)(H,35,36)/t17?,18-,19-,20-/m0/s1. The van der Waals surface area contributed by atoms with Gasteiger partial charge in [-0.1, -0.05) is 32.4 Å². The van der Waals surface area contributed by atoms with Crippen molar-refractivity contribution >= 4 is 33.8 Å². The summed E-state index contributed by atoms with van der Waals surface area (Å²) in [6.45, 7) is 3.15. The summed E-state index contributed by atoms with van der Waals surface area (Å²) in [7, 11) is -3.73. The van der Waals surface area contributed by atoms with E-state index in [0.717, 1.165) is 6.26 Å². The van der Waals surface area contributed by atoms with Gasteiger partial charge < -0.3 is 31.7 Å². The predicted octanol–water partition coefficient (Wildman–Crippen LogP) is -1.27. The van der Waals surface area contributed by atoms with E-state index in [4.69, 9.17) is 5.73 Å². The van der Waals surface area contributed by atoms with Crippen LogP contribution in [0.25, 0.3) is 0 Å². The Balaban J connectivity index is 2.93. The zero-order chi connectivity index (χ0) is 29.8. The SMILES string of the molecule is CC(C)[C@H](N[C@@H](CNC(=O)C(CCCCN)NS(C)(=O)=O)C(=O)O)C(=O)N[C@@H](Cc1ccc(O)cc1)C(=O)O. The topological polar surface area (TPSA) is 237 Å². The van der Waals surface area contributed by atoms with Crippen molar-refractivity contribution in [3.63, 3.8) is 0 Å². The molecule has 220 valence electrons. The number of amides is 2. The molecule has 1 unspecified atom stereocenters. The van der Waals surface area contributed by atoms with Gasteiger partial charge in [0.05, 0.1) is 12.3 Å². The first kappa shape index (κ1) is 33.8. The van der Waals surface area contributed by atoms with Crippen molar-refractivity contribution in [2.75, 3.05) is 19.3 Å². The molecule has 4 atom stereocenters. The lowest BCUT2D eigenvalue weighted by molar-refractivity contribution is -0.143. The minimum Gasteiger partial charge on any atom is -0.508 e. The Morgan fingerprint density at radius 1 is 0.923 bits per heavy atom. The van der Waals surface area contributed by atoms with Crippen molar-refractivity contribution in [2.24, 2.45) is 11.7 Å². The minimum atomic E-state index is -3.73. The lowest BCUT2D eigenvalue weighted by atomic mass is 10.00. The second-order valence-corrected chi connectivity index (χ2v) is 11.3. The molecule has 1 aromatic carbocycles. The molecule has 0 aromatic heterocycles. The van der Waals surface area contributed by atoms with Crippen LogP contribution in [0, 0.1) is 5.92 Å². The molecule has 0 saturated carbocycles. The number of carboxylic acid groups (broad SMARTS) is 2. The summed E-state index contributed by atoms with van der Waals surface area (Å²) in [5, 5.41) is 36.2. The summed E-state index contributed by atoms with van der Waals surface area (Å²) in [5.74, 6) is -4.66. The molecule has 1 rings (SSSR count). The number of sulfonamides is 1. The summed E-state index contributed by atoms with van der Waals surface area (Å²) in [4.78, 5) is 49.4. The van der Waals surface area contributed by atoms with E-state index in [2.05, 4.69) is 20.7 Å². The van der Waals surface area contributed by atoms with Gasteiger partial charge in [-0.2, -0.15) is 0 Å². The number of carbonyl (C=O) groups is 4. The van der Waals surface area contributed by atoms with Crippen molar-refractivity contribution in [3.05, 3.63) is 29.8 Å². The highest BCUT2D eigenvalue weighted by Gasteiger charge is 2.32. The van der Waals surface area contributed by atoms with Crippen molar-refractivity contribution in [1.29, 1.82) is 0 Å². The van der Waals surface area contributed by atoms with Gasteiger partial charge in [0.1, 0.15) is 23.9 Å². The van der Waals surface area contributed by atoms with Gasteiger partial charge in [-0.15, -0.1) is 0 Å². The highest BCUT2D eigenvalue weighted by atomic mass is 32.2. The minimum absolute atomic E-state index is 0.000448. The molecule has 0 aliphatic heterocycles. The van der Waals surface area contributed by atoms with Crippen LogP contribution in [0.1, 0.15) is 38.7 Å². The third-order valence-electron chi connectivity index (χ3n) is 5.72. The number of unbranched alkanes of at least 4 members (excludes halogenated alkanes) is 1. The van der Waals surface area contributed by atoms with Crippen molar-refractivity contribution < 1.29 is 42.9 Å². The monoisotopic (exact) mass is 573 g/mol. The summed E-state index contributed by atoms with van der Waals surface area (Å²) >= 11 is 0. The molecular formula is C24H39N5O9S. The molecule has 0 heterocycles. The number of nitrogens with two attached hydrogens (primary N) is 1. The molecule has 0 aliphatic rings. The second-order valence-electron chi connectivity index (χ2n) is 9.52. The van der Waals surface area contributed by atoms with Crippen LogP contribution in [0.3, 0.4) is 0 Å². The van der Waals surface area contributed by atoms with E-state index in [1.807, 2.05) is 0 Å². The fourth-order valence-corrected chi connectivity index (χ4v) is 4.40. The number of rotatable bonds is 18. The number of hydrogen-bond donors (Lipinski definition) is 8. The first-order valence-electron chi connectivity index (χ1n) is 12.4. The van der Waals surface area contributed by atoms with Gasteiger partial charge in [-0.05, 0) is 43.0 Å². The fourth-order valence-electron chi connectivity index (χ4n) is 3.66. The Morgan fingerprint density at radius 2 is 1.51 bits per heavy atom. The van der Waals surface area contributed by atoms with Crippen LogP contribution in [-0.4, -0.2) is 91.0 Å². The number of phenolic OH excluding ortho intramolecular Hbond substituents is 1. The average Bonchev–Trinajstić information content (AvgIpc) is 2.82. The Hall–Kier alpha value is -3.27. The molecule has 15 heteroatoms. The fraction of sp³-hybridized carbons (Fsp3) is 0.583. The lowest BCUT2D eigenvalue weighted by Gasteiger charge is -2.27. The molecule has 0 aliphatic carbocycles. The van der Waals surface area contributed by atoms with E-state index in [1.165, 1.54) is 24.3 Å². The number of aliphatic carboxylic acids is 2. The molecule has 9 N–H and O–H groups in total. The van der Waals surface area contributed by atoms with Gasteiger partial charge in [-0.25, -0.2) is 17.9 Å². The molecule has 0 saturated heterocycles. The van der Waals surface area contributed by atoms with Crippen LogP contribution in [-0.2, 0) is 35.6 Å². The number of hydrogen-bond acceptors (Lipinski definition) is 9. The Bertz CT molecular complexity index is 1080. The maximum Gasteiger partial charge on any atom is 0.326 e. The van der Waals surface area contributed by atoms with Gasteiger partial charge in [-0.3, -0.25) is 19.7 Å². The van der Waals surface area contributed by atoms with Gasteiger partial charge >= 0.3 is 11.9 Å². The normalized spacial score (nSPS) is 14.7. The van der Waals surface area contributed by atoms with E-state index in [1.54, 1.807) is 13.8 Å². The summed E-state index contributed by atoms with van der Waals surface area (Å²) in [6, 6.07) is 0.741. The van der Waals surface area contributed by atoms with E-state index in [0.29, 0.717) is 24.9 Å². The van der Waals surface area contributed by atoms with E-state index in [9.17, 15) is 42.9 Å². The van der Waals surface area contributed by atoms with Crippen molar-refractivity contribution in [2.45, 2.75) is 63.7 Å². The maximum atomic E-state index is 13.0. The zero-order valence-corrected chi connectivity index (χ0v) is 23.0. The third kappa shape index (κ3) is 12.9. The maximum absolute atomic E-state index is 13.0. The van der Waals surface area contributed by atoms with E-state index < -0.39 is 70.4 Å². The Morgan fingerprint density at radius 3 is 2.00 bits per heavy atom. The molecule has 2 amide bonds. The summed E-state index contributed by atoms with van der Waals surface area (Å²) in [6.07, 6.45) is 1.99. The van der Waals surface area contributed by atoms with Crippen LogP contribution in [0.15, 0.2) is 24.3 Å². The molecule has 0 bridgehead atoms. The first-order valence-corrected chi connectivity index (χ1v) is 14.3. The lowest BCUT2D eigenvalue weighted by Crippen LogP contribution is -2.59. The third-order valence-corrected chi connectivity index (χ3v) is 6.43. The molecule has 0 spiro atoms. The number of carbonyl (C=O) groups excluding carboxylic acids is 2. The van der Waals surface area contributed by atoms with Gasteiger partial charge in [0.2, 0.25) is 21.8 Å². The predicted molar refractivity (Wildman–Crippen MR) is 142 cm³/mol. The molecule has 39 heavy (non-hydrogen) atoms. The van der Waals surface area contributed by atoms with Crippen molar-refractivity contribution in [1.82, 2.24) is 20.7 Å². The van der Waals surface area contributed by atoms with Crippen LogP contribution >= 0.6 is 0 Å². The number of carboxylic acids is 2. The highest BCUT2D eigenvalue weighted by molar-refractivity contribution is 7.88. The quantitative estimate of drug-likeness (QED) is 0.0964. The van der Waals surface area contributed by atoms with Crippen LogP contribution in [0.2, 0.25) is 0 Å². The molecule has 1 aromatic rings. The summed E-state index contributed by atoms with van der Waals surface area (Å²) < 4.78 is 25.6. The largest absolute Gasteiger partial charge is 0.508 e. The molecule has 0 fully saturated rings. The van der Waals surface area contributed by atoms with E-state index >= 15 is 0 Å². The first-order chi connectivity index (χ1) is 18.1. The Kier molecular flexibility index (Phi) is 13.8. The Labute approximate surface area is 227 Å². The van der Waals surface area contributed by atoms with Gasteiger partial charge in [0.25, 0.3) is 0 Å². The van der Waals surface area contributed by atoms with Crippen LogP contribution in [0.5, 0.6) is 5.75 Å². The second kappa shape index (κ2) is 16.0. The molecular weight excluding hydrogens is 534 g/mol. The smallest absolute Gasteiger partial charge is 0.326 e. The van der Waals surface area contributed by atoms with Gasteiger partial charge in [0.15, 0.2) is 0 Å². The van der Waals surface area contributed by atoms with Crippen LogP contribution < -0.4 is 26.4 Å². The number of phenols is 1. The van der Waals surface area contributed by atoms with Crippen LogP contribution in [0.4, 0.5) is 0 Å². The highest BCUT2D eigenvalue weighted by Crippen LogP contribution is 2.12. The number of nitrogens with one attached hydrogen (secondary N) is 4. The summed E-state index contributed by atoms with van der Waals surface area (Å²) in [5.41, 5.74) is 5.99. The zero-order valence-electron chi connectivity index (χ0n) is 22.2.